The number of hydrogen-bond donors (Lipinski definition) is 1. The third-order valence-electron chi connectivity index (χ3n) is 3.03. The van der Waals surface area contributed by atoms with Crippen LogP contribution in [0.5, 0.6) is 0 Å². The largest absolute Gasteiger partial charge is 0.396 e. The highest BCUT2D eigenvalue weighted by molar-refractivity contribution is 5.39. The van der Waals surface area contributed by atoms with Gasteiger partial charge in [-0.3, -0.25) is 0 Å². The van der Waals surface area contributed by atoms with E-state index in [-0.39, 0.29) is 12.4 Å². The van der Waals surface area contributed by atoms with Crippen LogP contribution in [-0.2, 0) is 6.42 Å². The van der Waals surface area contributed by atoms with Gasteiger partial charge < -0.3 is 5.11 Å². The molecule has 0 heterocycles. The molecule has 0 radical (unpaired) electrons. The summed E-state index contributed by atoms with van der Waals surface area (Å²) in [6.45, 7) is 2.11. The van der Waals surface area contributed by atoms with Gasteiger partial charge >= 0.3 is 0 Å². The fraction of sp³-hybridized carbons (Fsp3) is 0.500. The van der Waals surface area contributed by atoms with Crippen molar-refractivity contribution in [2.24, 2.45) is 0 Å². The van der Waals surface area contributed by atoms with Gasteiger partial charge in [0.2, 0.25) is 0 Å². The van der Waals surface area contributed by atoms with Crippen molar-refractivity contribution in [3.63, 3.8) is 0 Å². The zero-order valence-electron chi connectivity index (χ0n) is 8.39. The molecule has 1 nitrogen and oxygen atoms in total. The Labute approximate surface area is 83.6 Å². The monoisotopic (exact) mass is 194 g/mol. The van der Waals surface area contributed by atoms with Crippen LogP contribution in [0.1, 0.15) is 35.4 Å². The number of aryl methyl sites for hydroxylation is 1. The molecule has 0 saturated heterocycles. The van der Waals surface area contributed by atoms with Crippen molar-refractivity contribution >= 4 is 0 Å². The van der Waals surface area contributed by atoms with E-state index in [4.69, 9.17) is 5.11 Å². The zero-order valence-corrected chi connectivity index (χ0v) is 8.39. The van der Waals surface area contributed by atoms with Crippen LogP contribution in [0.4, 0.5) is 4.39 Å². The van der Waals surface area contributed by atoms with E-state index in [0.717, 1.165) is 36.0 Å². The summed E-state index contributed by atoms with van der Waals surface area (Å²) in [6, 6.07) is 3.66. The summed E-state index contributed by atoms with van der Waals surface area (Å²) in [5, 5.41) is 8.90. The molecule has 1 unspecified atom stereocenters. The molecular weight excluding hydrogens is 179 g/mol. The molecule has 14 heavy (non-hydrogen) atoms. The Morgan fingerprint density at radius 1 is 1.50 bits per heavy atom. The third kappa shape index (κ3) is 1.55. The lowest BCUT2D eigenvalue weighted by Crippen LogP contribution is -1.98. The summed E-state index contributed by atoms with van der Waals surface area (Å²) in [5.41, 5.74) is 2.97. The molecule has 1 aromatic rings. The van der Waals surface area contributed by atoms with Gasteiger partial charge in [-0.25, -0.2) is 4.39 Å². The second kappa shape index (κ2) is 3.70. The molecule has 1 aliphatic rings. The van der Waals surface area contributed by atoms with E-state index in [9.17, 15) is 4.39 Å². The number of rotatable bonds is 2. The number of fused-ring (bicyclic) bond motifs is 1. The standard InChI is InChI=1S/C12H15FO/c1-8-6-11-9(4-5-14)2-3-10(11)12(13)7-8/h6-7,9,14H,2-5H2,1H3. The van der Waals surface area contributed by atoms with Crippen LogP contribution in [0.15, 0.2) is 12.1 Å². The first-order valence-corrected chi connectivity index (χ1v) is 5.12. The predicted octanol–water partition coefficient (Wildman–Crippen LogP) is 2.55. The molecule has 76 valence electrons. The quantitative estimate of drug-likeness (QED) is 0.767. The van der Waals surface area contributed by atoms with Crippen molar-refractivity contribution in [2.45, 2.75) is 32.1 Å². The summed E-state index contributed by atoms with van der Waals surface area (Å²) >= 11 is 0. The van der Waals surface area contributed by atoms with Gasteiger partial charge in [0.25, 0.3) is 0 Å². The number of benzene rings is 1. The van der Waals surface area contributed by atoms with Gasteiger partial charge in [-0.15, -0.1) is 0 Å². The smallest absolute Gasteiger partial charge is 0.126 e. The minimum absolute atomic E-state index is 0.0690. The lowest BCUT2D eigenvalue weighted by atomic mass is 9.96. The molecule has 0 aromatic heterocycles. The van der Waals surface area contributed by atoms with Gasteiger partial charge in [0.1, 0.15) is 5.82 Å². The van der Waals surface area contributed by atoms with Gasteiger partial charge in [0.15, 0.2) is 0 Å². The minimum atomic E-state index is -0.0690. The van der Waals surface area contributed by atoms with Crippen LogP contribution in [0.3, 0.4) is 0 Å². The van der Waals surface area contributed by atoms with Gasteiger partial charge in [-0.1, -0.05) is 6.07 Å². The Morgan fingerprint density at radius 2 is 2.29 bits per heavy atom. The van der Waals surface area contributed by atoms with Crippen molar-refractivity contribution in [3.8, 4) is 0 Å². The number of halogens is 1. The van der Waals surface area contributed by atoms with Gasteiger partial charge in [-0.05, 0) is 54.9 Å². The average molecular weight is 194 g/mol. The van der Waals surface area contributed by atoms with Crippen molar-refractivity contribution < 1.29 is 9.50 Å². The Balaban J connectivity index is 2.38. The van der Waals surface area contributed by atoms with Crippen LogP contribution in [0.2, 0.25) is 0 Å². The van der Waals surface area contributed by atoms with Crippen molar-refractivity contribution in [1.29, 1.82) is 0 Å². The first kappa shape index (κ1) is 9.66. The number of hydrogen-bond acceptors (Lipinski definition) is 1. The van der Waals surface area contributed by atoms with Crippen LogP contribution in [0.25, 0.3) is 0 Å². The molecule has 1 aliphatic carbocycles. The average Bonchev–Trinajstić information content (AvgIpc) is 2.49. The van der Waals surface area contributed by atoms with E-state index in [0.29, 0.717) is 5.92 Å². The van der Waals surface area contributed by atoms with Crippen molar-refractivity contribution in [1.82, 2.24) is 0 Å². The fourth-order valence-corrected chi connectivity index (χ4v) is 2.36. The van der Waals surface area contributed by atoms with Gasteiger partial charge in [-0.2, -0.15) is 0 Å². The van der Waals surface area contributed by atoms with Crippen LogP contribution >= 0.6 is 0 Å². The molecule has 0 amide bonds. The highest BCUT2D eigenvalue weighted by Gasteiger charge is 2.24. The Hall–Kier alpha value is -0.890. The first-order chi connectivity index (χ1) is 6.72. The number of aliphatic hydroxyl groups excluding tert-OH is 1. The summed E-state index contributed by atoms with van der Waals surface area (Å²) in [4.78, 5) is 0. The maximum atomic E-state index is 13.5. The summed E-state index contributed by atoms with van der Waals surface area (Å²) < 4.78 is 13.5. The predicted molar refractivity (Wildman–Crippen MR) is 53.9 cm³/mol. The van der Waals surface area contributed by atoms with E-state index in [1.54, 1.807) is 6.07 Å². The Bertz CT molecular complexity index is 346. The third-order valence-corrected chi connectivity index (χ3v) is 3.03. The number of aliphatic hydroxyl groups is 1. The topological polar surface area (TPSA) is 20.2 Å². The molecule has 0 fully saturated rings. The molecule has 2 rings (SSSR count). The molecular formula is C12H15FO. The van der Waals surface area contributed by atoms with E-state index >= 15 is 0 Å². The van der Waals surface area contributed by atoms with E-state index in [1.807, 2.05) is 6.92 Å². The first-order valence-electron chi connectivity index (χ1n) is 5.12. The maximum Gasteiger partial charge on any atom is 0.126 e. The molecule has 0 aliphatic heterocycles. The molecule has 2 heteroatoms. The van der Waals surface area contributed by atoms with Crippen molar-refractivity contribution in [2.75, 3.05) is 6.61 Å². The van der Waals surface area contributed by atoms with Crippen LogP contribution in [-0.4, -0.2) is 11.7 Å². The molecule has 1 aromatic carbocycles. The molecule has 1 atom stereocenters. The zero-order chi connectivity index (χ0) is 10.1. The Kier molecular flexibility index (Phi) is 2.55. The summed E-state index contributed by atoms with van der Waals surface area (Å²) in [7, 11) is 0. The second-order valence-corrected chi connectivity index (χ2v) is 4.06. The summed E-state index contributed by atoms with van der Waals surface area (Å²) in [5.74, 6) is 0.296. The van der Waals surface area contributed by atoms with E-state index in [1.165, 1.54) is 0 Å². The van der Waals surface area contributed by atoms with Crippen LogP contribution < -0.4 is 0 Å². The molecule has 0 bridgehead atoms. The molecule has 0 saturated carbocycles. The van der Waals surface area contributed by atoms with Crippen LogP contribution in [0, 0.1) is 12.7 Å². The Morgan fingerprint density at radius 3 is 3.00 bits per heavy atom. The summed E-state index contributed by atoms with van der Waals surface area (Å²) in [6.07, 6.45) is 2.57. The normalized spacial score (nSPS) is 19.8. The highest BCUT2D eigenvalue weighted by Crippen LogP contribution is 2.37. The SMILES string of the molecule is Cc1cc(F)c2c(c1)C(CCO)CC2. The molecule has 1 N–H and O–H groups in total. The fourth-order valence-electron chi connectivity index (χ4n) is 2.36. The molecule has 0 spiro atoms. The van der Waals surface area contributed by atoms with Gasteiger partial charge in [0.05, 0.1) is 0 Å². The highest BCUT2D eigenvalue weighted by atomic mass is 19.1. The second-order valence-electron chi connectivity index (χ2n) is 4.06. The lowest BCUT2D eigenvalue weighted by molar-refractivity contribution is 0.275. The maximum absolute atomic E-state index is 13.5. The lowest BCUT2D eigenvalue weighted by Gasteiger charge is -2.10. The van der Waals surface area contributed by atoms with E-state index < -0.39 is 0 Å². The van der Waals surface area contributed by atoms with Gasteiger partial charge in [0, 0.05) is 6.61 Å². The van der Waals surface area contributed by atoms with E-state index in [2.05, 4.69) is 6.07 Å². The minimum Gasteiger partial charge on any atom is -0.396 e. The van der Waals surface area contributed by atoms with Crippen molar-refractivity contribution in [3.05, 3.63) is 34.6 Å².